The highest BCUT2D eigenvalue weighted by molar-refractivity contribution is 6.02. The molecule has 3 aromatic heterocycles. The molecule has 0 atom stereocenters. The first-order valence-corrected chi connectivity index (χ1v) is 10.8. The molecule has 3 saturated carbocycles. The molecule has 2 bridgehead atoms. The second-order valence-electron chi connectivity index (χ2n) is 8.97. The Morgan fingerprint density at radius 1 is 1.08 bits per heavy atom. The molecule has 38 heavy (non-hydrogen) atoms. The third-order valence-corrected chi connectivity index (χ3v) is 6.39. The van der Waals surface area contributed by atoms with Crippen LogP contribution >= 0.6 is 0 Å². The number of hydrogen-bond donors (Lipinski definition) is 2. The van der Waals surface area contributed by atoms with Gasteiger partial charge in [-0.3, -0.25) is 9.20 Å². The number of hydrogen-bond acceptors (Lipinski definition) is 6. The molecule has 3 heterocycles. The van der Waals surface area contributed by atoms with E-state index in [1.165, 1.54) is 25.4 Å². The van der Waals surface area contributed by atoms with Crippen LogP contribution in [-0.2, 0) is 10.2 Å². The molecule has 16 heteroatoms. The average Bonchev–Trinajstić information content (AvgIpc) is 3.20. The van der Waals surface area contributed by atoms with Gasteiger partial charge >= 0.3 is 12.1 Å². The summed E-state index contributed by atoms with van der Waals surface area (Å²) in [6.45, 7) is 0. The van der Waals surface area contributed by atoms with Gasteiger partial charge < -0.3 is 15.2 Å². The third-order valence-electron chi connectivity index (χ3n) is 6.39. The van der Waals surface area contributed by atoms with Gasteiger partial charge in [0.15, 0.2) is 5.82 Å². The van der Waals surface area contributed by atoms with E-state index in [1.807, 2.05) is 0 Å². The maximum Gasteiger partial charge on any atom is 0.490 e. The molecule has 0 spiro atoms. The van der Waals surface area contributed by atoms with Gasteiger partial charge in [0, 0.05) is 17.0 Å². The zero-order valence-electron chi connectivity index (χ0n) is 19.3. The Morgan fingerprint density at radius 3 is 2.24 bits per heavy atom. The topological polar surface area (TPSA) is 119 Å². The average molecular weight is 549 g/mol. The number of aromatic nitrogens is 4. The van der Waals surface area contributed by atoms with Crippen molar-refractivity contribution in [2.75, 3.05) is 12.4 Å². The fraction of sp³-hybridized carbons (Fsp3) is 0.409. The number of amides is 1. The number of fused-ring (bicyclic) bond motifs is 1. The van der Waals surface area contributed by atoms with Crippen molar-refractivity contribution in [1.29, 1.82) is 0 Å². The predicted octanol–water partition coefficient (Wildman–Crippen LogP) is 4.64. The van der Waals surface area contributed by atoms with E-state index in [1.54, 1.807) is 10.6 Å². The van der Waals surface area contributed by atoms with E-state index in [4.69, 9.17) is 14.6 Å². The molecule has 3 aliphatic carbocycles. The lowest BCUT2D eigenvalue weighted by Gasteiger charge is -2.69. The van der Waals surface area contributed by atoms with Crippen molar-refractivity contribution in [3.05, 3.63) is 47.7 Å². The van der Waals surface area contributed by atoms with Gasteiger partial charge in [-0.05, 0) is 31.4 Å². The number of imidazole rings is 1. The molecule has 0 saturated heterocycles. The molecular weight excluding hydrogens is 531 g/mol. The Kier molecular flexibility index (Phi) is 6.69. The van der Waals surface area contributed by atoms with E-state index < -0.39 is 42.0 Å². The number of rotatable bonds is 6. The van der Waals surface area contributed by atoms with Crippen LogP contribution in [0, 0.1) is 5.41 Å². The van der Waals surface area contributed by atoms with Gasteiger partial charge in [0.2, 0.25) is 12.1 Å². The van der Waals surface area contributed by atoms with Crippen LogP contribution in [0.1, 0.15) is 47.6 Å². The largest absolute Gasteiger partial charge is 0.490 e. The summed E-state index contributed by atoms with van der Waals surface area (Å²) in [6.07, 6.45) is -5.81. The Balaban J connectivity index is 0.000000426. The van der Waals surface area contributed by atoms with Gasteiger partial charge in [-0.25, -0.2) is 32.3 Å². The van der Waals surface area contributed by atoms with Crippen LogP contribution in [-0.4, -0.2) is 56.0 Å². The lowest BCUT2D eigenvalue weighted by Crippen LogP contribution is -2.67. The van der Waals surface area contributed by atoms with E-state index in [9.17, 15) is 35.5 Å². The molecule has 3 fully saturated rings. The summed E-state index contributed by atoms with van der Waals surface area (Å²) in [4.78, 5) is 33.7. The smallest absolute Gasteiger partial charge is 0.478 e. The fourth-order valence-electron chi connectivity index (χ4n) is 4.67. The Labute approximate surface area is 208 Å². The van der Waals surface area contributed by atoms with Gasteiger partial charge in [0.05, 0.1) is 19.0 Å². The Hall–Kier alpha value is -3.98. The first-order valence-electron chi connectivity index (χ1n) is 10.8. The molecular formula is C22H18F7N5O4. The normalized spacial score (nSPS) is 21.8. The van der Waals surface area contributed by atoms with E-state index in [-0.39, 0.29) is 22.8 Å². The SMILES string of the molecule is COc1nc(NC(=O)c2cccc(C(F)F)n2)cn2cc(C34CC(C(F)F)(C3)C4)nc12.O=C(O)C(F)(F)F. The monoisotopic (exact) mass is 549 g/mol. The van der Waals surface area contributed by atoms with Crippen molar-refractivity contribution in [3.63, 3.8) is 0 Å². The summed E-state index contributed by atoms with van der Waals surface area (Å²) in [6, 6.07) is 3.76. The van der Waals surface area contributed by atoms with Crippen molar-refractivity contribution in [3.8, 4) is 5.88 Å². The molecule has 0 aliphatic heterocycles. The molecule has 1 amide bonds. The first kappa shape index (κ1) is 27.1. The number of carboxylic acid groups (broad SMARTS) is 1. The van der Waals surface area contributed by atoms with Crippen molar-refractivity contribution >= 4 is 23.3 Å². The number of nitrogens with zero attached hydrogens (tertiary/aromatic N) is 4. The molecule has 204 valence electrons. The third kappa shape index (κ3) is 4.81. The van der Waals surface area contributed by atoms with Gasteiger partial charge in [0.1, 0.15) is 11.4 Å². The molecule has 3 aliphatic rings. The number of methoxy groups -OCH3 is 1. The molecule has 6 rings (SSSR count). The standard InChI is InChI=1S/C20H17F4N5O2.C2HF3O2/c1-31-17-15-26-12(19-7-20(8-19,9-19)18(23)24)5-29(15)6-13(28-17)27-16(30)11-4-2-3-10(25-11)14(21)22;3-2(4,5)1(6)7/h2-6,14,18H,7-9H2,1H3,(H,27,30);(H,6,7). The minimum Gasteiger partial charge on any atom is -0.478 e. The highest BCUT2D eigenvalue weighted by Crippen LogP contribution is 2.75. The van der Waals surface area contributed by atoms with Crippen LogP contribution < -0.4 is 10.1 Å². The van der Waals surface area contributed by atoms with Gasteiger partial charge in [0.25, 0.3) is 18.2 Å². The minimum absolute atomic E-state index is 0.101. The zero-order valence-corrected chi connectivity index (χ0v) is 19.3. The number of ether oxygens (including phenoxy) is 1. The number of carbonyl (C=O) groups excluding carboxylic acids is 1. The summed E-state index contributed by atoms with van der Waals surface area (Å²) in [5.74, 6) is -3.24. The van der Waals surface area contributed by atoms with Crippen LogP contribution in [0.2, 0.25) is 0 Å². The summed E-state index contributed by atoms with van der Waals surface area (Å²) >= 11 is 0. The maximum absolute atomic E-state index is 13.2. The summed E-state index contributed by atoms with van der Waals surface area (Å²) in [5, 5.41) is 9.64. The number of pyridine rings is 1. The van der Waals surface area contributed by atoms with Gasteiger partial charge in [-0.15, -0.1) is 0 Å². The molecule has 2 N–H and O–H groups in total. The number of carboxylic acids is 1. The second-order valence-corrected chi connectivity index (χ2v) is 8.97. The minimum atomic E-state index is -5.08. The van der Waals surface area contributed by atoms with Crippen LogP contribution in [0.25, 0.3) is 5.65 Å². The van der Waals surface area contributed by atoms with Crippen molar-refractivity contribution in [2.45, 2.75) is 43.7 Å². The lowest BCUT2D eigenvalue weighted by molar-refractivity contribution is -0.223. The number of alkyl halides is 7. The number of aliphatic carboxylic acids is 1. The van der Waals surface area contributed by atoms with Crippen LogP contribution in [0.5, 0.6) is 5.88 Å². The van der Waals surface area contributed by atoms with E-state index in [0.717, 1.165) is 6.07 Å². The van der Waals surface area contributed by atoms with Crippen LogP contribution in [0.4, 0.5) is 36.6 Å². The first-order chi connectivity index (χ1) is 17.7. The highest BCUT2D eigenvalue weighted by Gasteiger charge is 2.73. The van der Waals surface area contributed by atoms with Crippen molar-refractivity contribution < 1.29 is 50.2 Å². The molecule has 9 nitrogen and oxygen atoms in total. The summed E-state index contributed by atoms with van der Waals surface area (Å²) < 4.78 is 90.6. The Bertz CT molecular complexity index is 1370. The lowest BCUT2D eigenvalue weighted by atomic mass is 9.34. The molecule has 3 aromatic rings. The summed E-state index contributed by atoms with van der Waals surface area (Å²) in [5.41, 5.74) is -0.841. The number of nitrogens with one attached hydrogen (secondary N) is 1. The zero-order chi connectivity index (χ0) is 28.0. The maximum atomic E-state index is 13.2. The van der Waals surface area contributed by atoms with Gasteiger partial charge in [-0.2, -0.15) is 18.2 Å². The van der Waals surface area contributed by atoms with E-state index in [2.05, 4.69) is 20.3 Å². The predicted molar refractivity (Wildman–Crippen MR) is 114 cm³/mol. The molecule has 0 aromatic carbocycles. The fourth-order valence-corrected chi connectivity index (χ4v) is 4.67. The van der Waals surface area contributed by atoms with Crippen molar-refractivity contribution in [2.24, 2.45) is 5.41 Å². The van der Waals surface area contributed by atoms with E-state index >= 15 is 0 Å². The van der Waals surface area contributed by atoms with Crippen molar-refractivity contribution in [1.82, 2.24) is 19.4 Å². The molecule has 0 radical (unpaired) electrons. The van der Waals surface area contributed by atoms with E-state index in [0.29, 0.717) is 30.6 Å². The highest BCUT2D eigenvalue weighted by atomic mass is 19.4. The van der Waals surface area contributed by atoms with Gasteiger partial charge in [-0.1, -0.05) is 6.07 Å². The second kappa shape index (κ2) is 9.40. The summed E-state index contributed by atoms with van der Waals surface area (Å²) in [7, 11) is 1.39. The van der Waals surface area contributed by atoms with Crippen LogP contribution in [0.15, 0.2) is 30.6 Å². The van der Waals surface area contributed by atoms with Crippen LogP contribution in [0.3, 0.4) is 0 Å². The number of carbonyl (C=O) groups is 2. The number of anilines is 1. The number of halogens is 7. The quantitative estimate of drug-likeness (QED) is 0.430. The molecule has 0 unspecified atom stereocenters. The Morgan fingerprint density at radius 2 is 1.71 bits per heavy atom.